The van der Waals surface area contributed by atoms with Crippen LogP contribution in [0.2, 0.25) is 0 Å². The van der Waals surface area contributed by atoms with Crippen LogP contribution in [0.4, 0.5) is 10.1 Å². The first-order valence-electron chi connectivity index (χ1n) is 9.16. The number of aromatic nitrogens is 2. The molecule has 0 fully saturated rings. The number of hydrogen-bond acceptors (Lipinski definition) is 4. The number of carbonyl (C=O) groups is 1. The molecule has 1 aromatic heterocycles. The van der Waals surface area contributed by atoms with E-state index in [0.29, 0.717) is 10.7 Å². The lowest BCUT2D eigenvalue weighted by atomic mass is 10.1. The van der Waals surface area contributed by atoms with Crippen molar-refractivity contribution in [3.05, 3.63) is 84.7 Å². The highest BCUT2D eigenvalue weighted by Gasteiger charge is 2.19. The summed E-state index contributed by atoms with van der Waals surface area (Å²) in [6, 6.07) is 23.6. The van der Waals surface area contributed by atoms with Crippen molar-refractivity contribution in [1.29, 1.82) is 0 Å². The van der Waals surface area contributed by atoms with E-state index in [0.717, 1.165) is 22.0 Å². The molecule has 0 aliphatic rings. The number of carbonyl (C=O) groups excluding carboxylic acids is 1. The van der Waals surface area contributed by atoms with E-state index in [1.807, 2.05) is 54.6 Å². The Bertz CT molecular complexity index is 1170. The largest absolute Gasteiger partial charge is 0.325 e. The van der Waals surface area contributed by atoms with Crippen LogP contribution in [0.3, 0.4) is 0 Å². The Hall–Kier alpha value is -3.25. The lowest BCUT2D eigenvalue weighted by molar-refractivity contribution is -0.115. The molecule has 6 heteroatoms. The third-order valence-electron chi connectivity index (χ3n) is 4.45. The molecule has 3 aromatic carbocycles. The summed E-state index contributed by atoms with van der Waals surface area (Å²) in [5, 5.41) is 13.7. The normalized spacial score (nSPS) is 11.9. The van der Waals surface area contributed by atoms with E-state index in [2.05, 4.69) is 15.5 Å². The minimum Gasteiger partial charge on any atom is -0.325 e. The molecule has 1 N–H and O–H groups in total. The summed E-state index contributed by atoms with van der Waals surface area (Å²) in [6.07, 6.45) is 0. The van der Waals surface area contributed by atoms with Gasteiger partial charge in [0.15, 0.2) is 0 Å². The van der Waals surface area contributed by atoms with Crippen LogP contribution >= 0.6 is 11.8 Å². The van der Waals surface area contributed by atoms with Gasteiger partial charge < -0.3 is 5.32 Å². The topological polar surface area (TPSA) is 54.9 Å². The Morgan fingerprint density at radius 3 is 2.41 bits per heavy atom. The number of anilines is 1. The highest BCUT2D eigenvalue weighted by molar-refractivity contribution is 8.00. The minimum atomic E-state index is -0.432. The highest BCUT2D eigenvalue weighted by atomic mass is 32.2. The van der Waals surface area contributed by atoms with Crippen molar-refractivity contribution in [2.24, 2.45) is 0 Å². The number of benzene rings is 3. The van der Waals surface area contributed by atoms with Gasteiger partial charge in [-0.1, -0.05) is 72.4 Å². The van der Waals surface area contributed by atoms with Crippen molar-refractivity contribution in [2.75, 3.05) is 5.32 Å². The zero-order valence-electron chi connectivity index (χ0n) is 15.7. The maximum atomic E-state index is 13.3. The number of amides is 1. The summed E-state index contributed by atoms with van der Waals surface area (Å²) in [4.78, 5) is 12.6. The van der Waals surface area contributed by atoms with E-state index in [1.54, 1.807) is 19.1 Å². The van der Waals surface area contributed by atoms with Crippen LogP contribution in [0.15, 0.2) is 83.9 Å². The second-order valence-electron chi connectivity index (χ2n) is 6.53. The Labute approximate surface area is 172 Å². The second-order valence-corrected chi connectivity index (χ2v) is 7.85. The lowest BCUT2D eigenvalue weighted by Crippen LogP contribution is -2.22. The quantitative estimate of drug-likeness (QED) is 0.444. The lowest BCUT2D eigenvalue weighted by Gasteiger charge is -2.14. The fraction of sp³-hybridized carbons (Fsp3) is 0.0870. The zero-order chi connectivity index (χ0) is 20.2. The first-order chi connectivity index (χ1) is 14.1. The molecule has 0 saturated heterocycles. The van der Waals surface area contributed by atoms with E-state index in [4.69, 9.17) is 0 Å². The third kappa shape index (κ3) is 4.27. The summed E-state index contributed by atoms with van der Waals surface area (Å²) in [5.74, 6) is -0.616. The number of hydrogen-bond donors (Lipinski definition) is 1. The van der Waals surface area contributed by atoms with E-state index >= 15 is 0 Å². The Kier molecular flexibility index (Phi) is 5.53. The van der Waals surface area contributed by atoms with Crippen molar-refractivity contribution < 1.29 is 9.18 Å². The molecule has 0 unspecified atom stereocenters. The van der Waals surface area contributed by atoms with Crippen molar-refractivity contribution in [1.82, 2.24) is 10.2 Å². The number of nitrogens with zero attached hydrogens (tertiary/aromatic N) is 2. The molecule has 0 aliphatic carbocycles. The Morgan fingerprint density at radius 1 is 0.931 bits per heavy atom. The van der Waals surface area contributed by atoms with Gasteiger partial charge in [0, 0.05) is 22.0 Å². The van der Waals surface area contributed by atoms with Crippen molar-refractivity contribution in [2.45, 2.75) is 17.2 Å². The first kappa shape index (κ1) is 19.1. The number of halogens is 1. The summed E-state index contributed by atoms with van der Waals surface area (Å²) in [6.45, 7) is 1.79. The summed E-state index contributed by atoms with van der Waals surface area (Å²) in [7, 11) is 0. The predicted octanol–water partition coefficient (Wildman–Crippen LogP) is 5.56. The second kappa shape index (κ2) is 8.41. The Balaban J connectivity index is 1.60. The molecule has 29 heavy (non-hydrogen) atoms. The van der Waals surface area contributed by atoms with Gasteiger partial charge in [-0.2, -0.15) is 0 Å². The molecule has 0 aliphatic heterocycles. The molecule has 0 spiro atoms. The van der Waals surface area contributed by atoms with Crippen molar-refractivity contribution in [3.8, 4) is 11.3 Å². The van der Waals surface area contributed by atoms with Crippen LogP contribution in [-0.2, 0) is 4.79 Å². The number of fused-ring (bicyclic) bond motifs is 1. The van der Waals surface area contributed by atoms with Crippen LogP contribution in [0.5, 0.6) is 0 Å². The average molecular weight is 403 g/mol. The van der Waals surface area contributed by atoms with Gasteiger partial charge in [-0.25, -0.2) is 4.39 Å². The molecule has 4 rings (SSSR count). The van der Waals surface area contributed by atoms with Crippen LogP contribution in [0.25, 0.3) is 22.0 Å². The van der Waals surface area contributed by atoms with E-state index in [9.17, 15) is 9.18 Å². The molecule has 0 saturated carbocycles. The minimum absolute atomic E-state index is 0.224. The van der Waals surface area contributed by atoms with Gasteiger partial charge >= 0.3 is 0 Å². The van der Waals surface area contributed by atoms with Crippen LogP contribution in [-0.4, -0.2) is 21.4 Å². The first-order valence-corrected chi connectivity index (χ1v) is 10.0. The van der Waals surface area contributed by atoms with Gasteiger partial charge in [0.25, 0.3) is 0 Å². The molecule has 4 nitrogen and oxygen atoms in total. The van der Waals surface area contributed by atoms with Crippen molar-refractivity contribution in [3.63, 3.8) is 0 Å². The highest BCUT2D eigenvalue weighted by Crippen LogP contribution is 2.33. The fourth-order valence-electron chi connectivity index (χ4n) is 3.01. The molecule has 0 radical (unpaired) electrons. The molecule has 1 atom stereocenters. The van der Waals surface area contributed by atoms with Crippen LogP contribution < -0.4 is 5.32 Å². The summed E-state index contributed by atoms with van der Waals surface area (Å²) >= 11 is 1.33. The van der Waals surface area contributed by atoms with Crippen LogP contribution in [0, 0.1) is 5.82 Å². The zero-order valence-corrected chi connectivity index (χ0v) is 16.5. The van der Waals surface area contributed by atoms with E-state index in [1.165, 1.54) is 23.9 Å². The van der Waals surface area contributed by atoms with E-state index < -0.39 is 11.1 Å². The SMILES string of the molecule is C[C@H](Sc1nnc(-c2ccccc2)c2ccccc12)C(=O)Nc1cccc(F)c1. The number of nitrogens with one attached hydrogen (secondary N) is 1. The average Bonchev–Trinajstić information content (AvgIpc) is 2.74. The van der Waals surface area contributed by atoms with Gasteiger partial charge in [0.05, 0.1) is 5.25 Å². The number of thioether (sulfide) groups is 1. The maximum absolute atomic E-state index is 13.3. The summed E-state index contributed by atoms with van der Waals surface area (Å²) < 4.78 is 13.3. The predicted molar refractivity (Wildman–Crippen MR) is 115 cm³/mol. The van der Waals surface area contributed by atoms with Gasteiger partial charge in [-0.3, -0.25) is 4.79 Å². The van der Waals surface area contributed by atoms with Gasteiger partial charge in [0.2, 0.25) is 5.91 Å². The molecular formula is C23H18FN3OS. The monoisotopic (exact) mass is 403 g/mol. The third-order valence-corrected chi connectivity index (χ3v) is 5.54. The molecule has 144 valence electrons. The number of rotatable bonds is 5. The van der Waals surface area contributed by atoms with Gasteiger partial charge in [-0.15, -0.1) is 10.2 Å². The molecule has 4 aromatic rings. The standard InChI is InChI=1S/C23H18FN3OS/c1-15(22(28)25-18-11-7-10-17(24)14-18)29-23-20-13-6-5-12-19(20)21(26-27-23)16-8-3-2-4-9-16/h2-15H,1H3,(H,25,28)/t15-/m0/s1. The molecule has 0 bridgehead atoms. The summed E-state index contributed by atoms with van der Waals surface area (Å²) in [5.41, 5.74) is 2.23. The van der Waals surface area contributed by atoms with E-state index in [-0.39, 0.29) is 5.91 Å². The van der Waals surface area contributed by atoms with Gasteiger partial charge in [-0.05, 0) is 25.1 Å². The van der Waals surface area contributed by atoms with Crippen molar-refractivity contribution >= 4 is 34.1 Å². The van der Waals surface area contributed by atoms with Gasteiger partial charge in [0.1, 0.15) is 16.5 Å². The Morgan fingerprint density at radius 2 is 1.66 bits per heavy atom. The fourth-order valence-corrected chi connectivity index (χ4v) is 3.90. The molecular weight excluding hydrogens is 385 g/mol. The van der Waals surface area contributed by atoms with Crippen LogP contribution in [0.1, 0.15) is 6.92 Å². The smallest absolute Gasteiger partial charge is 0.237 e. The molecule has 1 amide bonds. The molecule has 1 heterocycles. The maximum Gasteiger partial charge on any atom is 0.237 e.